The fourth-order valence-corrected chi connectivity index (χ4v) is 3.57. The average molecular weight is 247 g/mol. The van der Waals surface area contributed by atoms with E-state index in [-0.39, 0.29) is 6.01 Å². The van der Waals surface area contributed by atoms with Crippen molar-refractivity contribution in [2.75, 3.05) is 6.01 Å². The molecule has 2 aromatic rings. The predicted octanol–water partition coefficient (Wildman–Crippen LogP) is 4.27. The van der Waals surface area contributed by atoms with Gasteiger partial charge in [0.25, 0.3) is 6.01 Å². The standard InChI is InChI=1S/C15H16FS/c1-12-8-9-13(2)15(10-12)17(11-16)14-6-4-3-5-7-14/h3-10H,11H2,1-2H3/q+1. The Bertz CT molecular complexity index is 494. The molecule has 0 amide bonds. The lowest BCUT2D eigenvalue weighted by Crippen LogP contribution is -2.07. The molecular weight excluding hydrogens is 231 g/mol. The SMILES string of the molecule is Cc1ccc(C)c([S+](CF)c2ccccc2)c1. The van der Waals surface area contributed by atoms with E-state index in [9.17, 15) is 4.39 Å². The Kier molecular flexibility index (Phi) is 3.85. The maximum Gasteiger partial charge on any atom is 0.256 e. The third kappa shape index (κ3) is 2.70. The first-order chi connectivity index (χ1) is 8.22. The minimum Gasteiger partial charge on any atom is -0.192 e. The molecular formula is C15H16FS+. The minimum absolute atomic E-state index is 0.325. The summed E-state index contributed by atoms with van der Waals surface area (Å²) in [6.45, 7) is 4.10. The van der Waals surface area contributed by atoms with Crippen LogP contribution in [0.4, 0.5) is 4.39 Å². The summed E-state index contributed by atoms with van der Waals surface area (Å²) in [5.41, 5.74) is 2.35. The van der Waals surface area contributed by atoms with E-state index < -0.39 is 10.9 Å². The maximum atomic E-state index is 13.4. The van der Waals surface area contributed by atoms with Crippen molar-refractivity contribution in [3.05, 3.63) is 59.7 Å². The molecule has 0 nitrogen and oxygen atoms in total. The highest BCUT2D eigenvalue weighted by molar-refractivity contribution is 7.96. The van der Waals surface area contributed by atoms with Crippen molar-refractivity contribution in [3.63, 3.8) is 0 Å². The molecule has 0 aliphatic carbocycles. The van der Waals surface area contributed by atoms with Gasteiger partial charge in [0.2, 0.25) is 0 Å². The molecule has 2 heteroatoms. The molecule has 0 aliphatic heterocycles. The lowest BCUT2D eigenvalue weighted by molar-refractivity contribution is 0.600. The number of halogens is 1. The Morgan fingerprint density at radius 3 is 2.35 bits per heavy atom. The molecule has 0 saturated heterocycles. The van der Waals surface area contributed by atoms with Gasteiger partial charge in [0.15, 0.2) is 9.79 Å². The van der Waals surface area contributed by atoms with Crippen molar-refractivity contribution in [2.24, 2.45) is 0 Å². The van der Waals surface area contributed by atoms with Crippen molar-refractivity contribution in [3.8, 4) is 0 Å². The van der Waals surface area contributed by atoms with Gasteiger partial charge in [-0.3, -0.25) is 0 Å². The lowest BCUT2D eigenvalue weighted by atomic mass is 10.2. The summed E-state index contributed by atoms with van der Waals surface area (Å²) in [6, 6.07) is 15.8. The lowest BCUT2D eigenvalue weighted by Gasteiger charge is -2.07. The van der Waals surface area contributed by atoms with Gasteiger partial charge in [-0.15, -0.1) is 0 Å². The van der Waals surface area contributed by atoms with Gasteiger partial charge in [0, 0.05) is 5.56 Å². The van der Waals surface area contributed by atoms with Crippen molar-refractivity contribution >= 4 is 10.9 Å². The van der Waals surface area contributed by atoms with Gasteiger partial charge in [-0.25, -0.2) is 0 Å². The van der Waals surface area contributed by atoms with Crippen LogP contribution in [0.25, 0.3) is 0 Å². The molecule has 1 unspecified atom stereocenters. The summed E-state index contributed by atoms with van der Waals surface area (Å²) in [6.07, 6.45) is 0. The highest BCUT2D eigenvalue weighted by Crippen LogP contribution is 2.27. The quantitative estimate of drug-likeness (QED) is 0.711. The van der Waals surface area contributed by atoms with Gasteiger partial charge < -0.3 is 0 Å². The topological polar surface area (TPSA) is 0 Å². The highest BCUT2D eigenvalue weighted by Gasteiger charge is 2.26. The normalized spacial score (nSPS) is 12.4. The zero-order valence-corrected chi connectivity index (χ0v) is 10.9. The van der Waals surface area contributed by atoms with Crippen LogP contribution in [0.2, 0.25) is 0 Å². The minimum atomic E-state index is -0.447. The van der Waals surface area contributed by atoms with Crippen molar-refractivity contribution in [2.45, 2.75) is 23.6 Å². The second-order valence-electron chi connectivity index (χ2n) is 4.08. The van der Waals surface area contributed by atoms with Crippen molar-refractivity contribution < 1.29 is 4.39 Å². The Balaban J connectivity index is 2.46. The van der Waals surface area contributed by atoms with Crippen LogP contribution in [-0.2, 0) is 10.9 Å². The zero-order valence-electron chi connectivity index (χ0n) is 10.1. The van der Waals surface area contributed by atoms with Crippen molar-refractivity contribution in [1.82, 2.24) is 0 Å². The predicted molar refractivity (Wildman–Crippen MR) is 72.2 cm³/mol. The van der Waals surface area contributed by atoms with Crippen LogP contribution in [0.15, 0.2) is 58.3 Å². The second-order valence-corrected chi connectivity index (χ2v) is 5.99. The van der Waals surface area contributed by atoms with Crippen LogP contribution in [0.3, 0.4) is 0 Å². The zero-order chi connectivity index (χ0) is 12.3. The summed E-state index contributed by atoms with van der Waals surface area (Å²) >= 11 is 0. The summed E-state index contributed by atoms with van der Waals surface area (Å²) in [7, 11) is -0.447. The first-order valence-corrected chi connectivity index (χ1v) is 7.01. The smallest absolute Gasteiger partial charge is 0.192 e. The molecule has 0 aliphatic rings. The van der Waals surface area contributed by atoms with E-state index >= 15 is 0 Å². The third-order valence-corrected chi connectivity index (χ3v) is 4.78. The fraction of sp³-hybridized carbons (Fsp3) is 0.200. The second kappa shape index (κ2) is 5.37. The maximum absolute atomic E-state index is 13.4. The molecule has 2 rings (SSSR count). The monoisotopic (exact) mass is 247 g/mol. The molecule has 0 N–H and O–H groups in total. The first kappa shape index (κ1) is 12.2. The number of hydrogen-bond acceptors (Lipinski definition) is 0. The number of benzene rings is 2. The van der Waals surface area contributed by atoms with E-state index in [0.717, 1.165) is 9.79 Å². The molecule has 88 valence electrons. The summed E-state index contributed by atoms with van der Waals surface area (Å²) in [5.74, 6) is 0. The van der Waals surface area contributed by atoms with E-state index in [1.165, 1.54) is 11.1 Å². The molecule has 2 aromatic carbocycles. The molecule has 0 aromatic heterocycles. The molecule has 0 fully saturated rings. The van der Waals surface area contributed by atoms with Crippen LogP contribution in [0, 0.1) is 13.8 Å². The van der Waals surface area contributed by atoms with Crippen LogP contribution in [0.1, 0.15) is 11.1 Å². The molecule has 0 saturated carbocycles. The van der Waals surface area contributed by atoms with Gasteiger partial charge in [0.05, 0.1) is 10.9 Å². The van der Waals surface area contributed by atoms with Crippen LogP contribution in [-0.4, -0.2) is 6.01 Å². The molecule has 17 heavy (non-hydrogen) atoms. The van der Waals surface area contributed by atoms with Crippen LogP contribution >= 0.6 is 0 Å². The first-order valence-electron chi connectivity index (χ1n) is 5.61. The fourth-order valence-electron chi connectivity index (χ4n) is 1.81. The van der Waals surface area contributed by atoms with Crippen LogP contribution in [0.5, 0.6) is 0 Å². The largest absolute Gasteiger partial charge is 0.256 e. The van der Waals surface area contributed by atoms with E-state index in [1.807, 2.05) is 44.2 Å². The van der Waals surface area contributed by atoms with Gasteiger partial charge in [-0.2, -0.15) is 4.39 Å². The number of aryl methyl sites for hydroxylation is 2. The van der Waals surface area contributed by atoms with Gasteiger partial charge >= 0.3 is 0 Å². The van der Waals surface area contributed by atoms with Gasteiger partial charge in [-0.1, -0.05) is 30.3 Å². The van der Waals surface area contributed by atoms with E-state index in [2.05, 4.69) is 18.2 Å². The van der Waals surface area contributed by atoms with Gasteiger partial charge in [-0.05, 0) is 37.6 Å². The van der Waals surface area contributed by atoms with E-state index in [4.69, 9.17) is 0 Å². The molecule has 0 spiro atoms. The number of alkyl halides is 1. The average Bonchev–Trinajstić information content (AvgIpc) is 2.36. The Morgan fingerprint density at radius 2 is 1.71 bits per heavy atom. The number of rotatable bonds is 3. The van der Waals surface area contributed by atoms with Crippen LogP contribution < -0.4 is 0 Å². The highest BCUT2D eigenvalue weighted by atomic mass is 32.2. The van der Waals surface area contributed by atoms with E-state index in [1.54, 1.807) is 0 Å². The van der Waals surface area contributed by atoms with E-state index in [0.29, 0.717) is 0 Å². The molecule has 1 atom stereocenters. The summed E-state index contributed by atoms with van der Waals surface area (Å²) < 4.78 is 13.4. The summed E-state index contributed by atoms with van der Waals surface area (Å²) in [5, 5.41) is 0. The Labute approximate surface area is 105 Å². The Morgan fingerprint density at radius 1 is 1.00 bits per heavy atom. The molecule has 0 bridgehead atoms. The van der Waals surface area contributed by atoms with Gasteiger partial charge in [0.1, 0.15) is 0 Å². The summed E-state index contributed by atoms with van der Waals surface area (Å²) in [4.78, 5) is 2.20. The third-order valence-electron chi connectivity index (χ3n) is 2.75. The Hall–Kier alpha value is -1.28. The molecule has 0 radical (unpaired) electrons. The number of hydrogen-bond donors (Lipinski definition) is 0. The van der Waals surface area contributed by atoms with Crippen molar-refractivity contribution in [1.29, 1.82) is 0 Å². The molecule has 0 heterocycles.